The van der Waals surface area contributed by atoms with E-state index < -0.39 is 0 Å². The van der Waals surface area contributed by atoms with Crippen LogP contribution < -0.4 is 5.32 Å². The Bertz CT molecular complexity index is 105. The number of aliphatic hydroxyl groups excluding tert-OH is 1. The molecule has 9 heavy (non-hydrogen) atoms. The van der Waals surface area contributed by atoms with E-state index in [1.165, 1.54) is 0 Å². The Kier molecular flexibility index (Phi) is 1.89. The molecule has 1 aliphatic rings. The Morgan fingerprint density at radius 1 is 1.89 bits per heavy atom. The third-order valence-corrected chi connectivity index (χ3v) is 1.24. The van der Waals surface area contributed by atoms with E-state index in [4.69, 9.17) is 5.11 Å². The first-order valence-electron chi connectivity index (χ1n) is 2.84. The number of aliphatic hydroxyl groups is 1. The van der Waals surface area contributed by atoms with Gasteiger partial charge in [0, 0.05) is 12.5 Å². The molecule has 0 spiro atoms. The van der Waals surface area contributed by atoms with Crippen molar-refractivity contribution in [3.05, 3.63) is 0 Å². The van der Waals surface area contributed by atoms with Crippen molar-refractivity contribution >= 4 is 6.09 Å². The van der Waals surface area contributed by atoms with E-state index in [1.54, 1.807) is 0 Å². The summed E-state index contributed by atoms with van der Waals surface area (Å²) in [5.74, 6) is 0.0719. The van der Waals surface area contributed by atoms with Gasteiger partial charge in [0.25, 0.3) is 0 Å². The predicted molar refractivity (Wildman–Crippen MR) is 29.9 cm³/mol. The van der Waals surface area contributed by atoms with Crippen molar-refractivity contribution in [1.82, 2.24) is 5.32 Å². The average Bonchev–Trinajstić information content (AvgIpc) is 1.90. The lowest BCUT2D eigenvalue weighted by atomic mass is 10.2. The lowest BCUT2D eigenvalue weighted by molar-refractivity contribution is 0.0788. The molecule has 2 N–H and O–H groups in total. The second kappa shape index (κ2) is 2.68. The van der Waals surface area contributed by atoms with E-state index in [-0.39, 0.29) is 18.6 Å². The highest BCUT2D eigenvalue weighted by Crippen LogP contribution is 1.99. The van der Waals surface area contributed by atoms with Crippen LogP contribution in [-0.4, -0.2) is 31.0 Å². The lowest BCUT2D eigenvalue weighted by Gasteiger charge is -2.20. The van der Waals surface area contributed by atoms with Crippen molar-refractivity contribution in [2.24, 2.45) is 5.92 Å². The maximum Gasteiger partial charge on any atom is 0.407 e. The third kappa shape index (κ3) is 1.57. The molecule has 1 rings (SSSR count). The molecule has 0 aliphatic carbocycles. The quantitative estimate of drug-likeness (QED) is 0.496. The van der Waals surface area contributed by atoms with Gasteiger partial charge >= 0.3 is 6.09 Å². The van der Waals surface area contributed by atoms with Gasteiger partial charge in [-0.05, 0) is 0 Å². The van der Waals surface area contributed by atoms with Crippen LogP contribution in [0, 0.1) is 5.92 Å². The minimum absolute atomic E-state index is 0.0697. The van der Waals surface area contributed by atoms with Gasteiger partial charge in [-0.1, -0.05) is 0 Å². The van der Waals surface area contributed by atoms with Crippen LogP contribution >= 0.6 is 0 Å². The van der Waals surface area contributed by atoms with Gasteiger partial charge in [0.2, 0.25) is 0 Å². The van der Waals surface area contributed by atoms with E-state index >= 15 is 0 Å². The topological polar surface area (TPSA) is 58.6 Å². The molecule has 0 aromatic heterocycles. The minimum Gasteiger partial charge on any atom is -0.449 e. The fourth-order valence-corrected chi connectivity index (χ4v) is 0.648. The number of hydrogen-bond acceptors (Lipinski definition) is 3. The van der Waals surface area contributed by atoms with Crippen molar-refractivity contribution in [2.45, 2.75) is 0 Å². The summed E-state index contributed by atoms with van der Waals surface area (Å²) in [5, 5.41) is 11.0. The Balaban J connectivity index is 2.26. The van der Waals surface area contributed by atoms with Crippen LogP contribution in [0.25, 0.3) is 0 Å². The van der Waals surface area contributed by atoms with Crippen LogP contribution in [-0.2, 0) is 4.74 Å². The summed E-state index contributed by atoms with van der Waals surface area (Å²) >= 11 is 0. The highest BCUT2D eigenvalue weighted by molar-refractivity contribution is 5.67. The van der Waals surface area contributed by atoms with Gasteiger partial charge < -0.3 is 15.2 Å². The number of hydrogen-bond donors (Lipinski definition) is 2. The zero-order valence-corrected chi connectivity index (χ0v) is 4.96. The number of alkyl carbamates (subject to hydrolysis) is 1. The van der Waals surface area contributed by atoms with Gasteiger partial charge in [0.05, 0.1) is 13.2 Å². The molecule has 1 amide bonds. The molecule has 52 valence electrons. The molecule has 0 bridgehead atoms. The van der Waals surface area contributed by atoms with Gasteiger partial charge in [-0.2, -0.15) is 0 Å². The minimum atomic E-state index is -0.389. The zero-order valence-electron chi connectivity index (χ0n) is 4.96. The van der Waals surface area contributed by atoms with Gasteiger partial charge in [0.15, 0.2) is 0 Å². The Hall–Kier alpha value is -0.770. The number of nitrogens with one attached hydrogen (secondary N) is 1. The first kappa shape index (κ1) is 6.35. The first-order valence-corrected chi connectivity index (χ1v) is 2.84. The summed E-state index contributed by atoms with van der Waals surface area (Å²) in [6, 6.07) is 0. The lowest BCUT2D eigenvalue weighted by Crippen LogP contribution is -2.40. The summed E-state index contributed by atoms with van der Waals surface area (Å²) in [4.78, 5) is 10.3. The maximum atomic E-state index is 10.3. The smallest absolute Gasteiger partial charge is 0.407 e. The Morgan fingerprint density at radius 3 is 3.11 bits per heavy atom. The molecule has 1 unspecified atom stereocenters. The first-order chi connectivity index (χ1) is 4.33. The molecule has 0 aromatic carbocycles. The van der Waals surface area contributed by atoms with E-state index in [0.29, 0.717) is 13.2 Å². The normalized spacial score (nSPS) is 26.8. The fraction of sp³-hybridized carbons (Fsp3) is 0.800. The average molecular weight is 131 g/mol. The summed E-state index contributed by atoms with van der Waals surface area (Å²) in [5.41, 5.74) is 0. The highest BCUT2D eigenvalue weighted by atomic mass is 16.6. The van der Waals surface area contributed by atoms with Crippen LogP contribution in [0.15, 0.2) is 0 Å². The molecule has 0 aromatic rings. The summed E-state index contributed by atoms with van der Waals surface area (Å²) in [6.45, 7) is 0.929. The Morgan fingerprint density at radius 2 is 2.67 bits per heavy atom. The Labute approximate surface area is 52.8 Å². The molecule has 4 nitrogen and oxygen atoms in total. The van der Waals surface area contributed by atoms with Gasteiger partial charge in [-0.3, -0.25) is 0 Å². The standard InChI is InChI=1S/C5H9NO3/c7-2-4-1-6-5(8)9-3-4/h4,7H,1-3H2,(H,6,8). The molecule has 1 fully saturated rings. The highest BCUT2D eigenvalue weighted by Gasteiger charge is 2.17. The third-order valence-electron chi connectivity index (χ3n) is 1.24. The number of carbonyl (C=O) groups is 1. The van der Waals surface area contributed by atoms with E-state index in [2.05, 4.69) is 10.1 Å². The molecule has 4 heteroatoms. The maximum absolute atomic E-state index is 10.3. The largest absolute Gasteiger partial charge is 0.449 e. The van der Waals surface area contributed by atoms with Crippen LogP contribution in [0.1, 0.15) is 0 Å². The molecule has 1 heterocycles. The number of cyclic esters (lactones) is 1. The van der Waals surface area contributed by atoms with Crippen LogP contribution in [0.2, 0.25) is 0 Å². The molecule has 0 saturated carbocycles. The molecule has 1 atom stereocenters. The van der Waals surface area contributed by atoms with Crippen molar-refractivity contribution in [1.29, 1.82) is 0 Å². The predicted octanol–water partition coefficient (Wildman–Crippen LogP) is -0.665. The van der Waals surface area contributed by atoms with E-state index in [9.17, 15) is 4.79 Å². The van der Waals surface area contributed by atoms with Crippen LogP contribution in [0.4, 0.5) is 4.79 Å². The molecular weight excluding hydrogens is 122 g/mol. The summed E-state index contributed by atoms with van der Waals surface area (Å²) in [7, 11) is 0. The molecular formula is C5H9NO3. The van der Waals surface area contributed by atoms with Crippen LogP contribution in [0.3, 0.4) is 0 Å². The van der Waals surface area contributed by atoms with Gasteiger partial charge in [-0.25, -0.2) is 4.79 Å². The summed E-state index contributed by atoms with van der Waals surface area (Å²) < 4.78 is 4.57. The fourth-order valence-electron chi connectivity index (χ4n) is 0.648. The SMILES string of the molecule is O=C1NCC(CO)CO1. The van der Waals surface area contributed by atoms with Crippen LogP contribution in [0.5, 0.6) is 0 Å². The molecule has 0 radical (unpaired) electrons. The molecule has 1 saturated heterocycles. The van der Waals surface area contributed by atoms with Crippen molar-refractivity contribution < 1.29 is 14.6 Å². The van der Waals surface area contributed by atoms with Crippen molar-refractivity contribution in [3.63, 3.8) is 0 Å². The molecule has 1 aliphatic heterocycles. The van der Waals surface area contributed by atoms with Crippen molar-refractivity contribution in [2.75, 3.05) is 19.8 Å². The van der Waals surface area contributed by atoms with Gasteiger partial charge in [0.1, 0.15) is 0 Å². The zero-order chi connectivity index (χ0) is 6.69. The number of carbonyl (C=O) groups excluding carboxylic acids is 1. The number of rotatable bonds is 1. The van der Waals surface area contributed by atoms with Gasteiger partial charge in [-0.15, -0.1) is 0 Å². The monoisotopic (exact) mass is 131 g/mol. The second-order valence-electron chi connectivity index (χ2n) is 2.03. The summed E-state index contributed by atoms with van der Waals surface area (Å²) in [6.07, 6.45) is -0.389. The number of ether oxygens (including phenoxy) is 1. The second-order valence-corrected chi connectivity index (χ2v) is 2.03. The number of amides is 1. The van der Waals surface area contributed by atoms with E-state index in [0.717, 1.165) is 0 Å². The van der Waals surface area contributed by atoms with E-state index in [1.807, 2.05) is 0 Å². The van der Waals surface area contributed by atoms with Crippen molar-refractivity contribution in [3.8, 4) is 0 Å².